The zero-order valence-electron chi connectivity index (χ0n) is 8.73. The highest BCUT2D eigenvalue weighted by Gasteiger charge is 2.10. The van der Waals surface area contributed by atoms with E-state index in [1.807, 2.05) is 0 Å². The summed E-state index contributed by atoms with van der Waals surface area (Å²) in [5, 5.41) is 10.1. The van der Waals surface area contributed by atoms with E-state index in [0.29, 0.717) is 16.6 Å². The van der Waals surface area contributed by atoms with E-state index in [2.05, 4.69) is 0 Å². The lowest BCUT2D eigenvalue weighted by Gasteiger charge is -2.08. The first kappa shape index (κ1) is 12.0. The van der Waals surface area contributed by atoms with E-state index in [9.17, 15) is 4.79 Å². The SMILES string of the molecule is O=C(O)c1cccn1Cc1ccc(Cl)cc1Cl. The number of aromatic carboxylic acids is 1. The largest absolute Gasteiger partial charge is 0.477 e. The van der Waals surface area contributed by atoms with E-state index in [1.165, 1.54) is 0 Å². The molecule has 2 rings (SSSR count). The van der Waals surface area contributed by atoms with Crippen molar-refractivity contribution in [2.24, 2.45) is 0 Å². The lowest BCUT2D eigenvalue weighted by Crippen LogP contribution is -2.08. The van der Waals surface area contributed by atoms with Crippen LogP contribution < -0.4 is 0 Å². The highest BCUT2D eigenvalue weighted by Crippen LogP contribution is 2.22. The van der Waals surface area contributed by atoms with Gasteiger partial charge in [-0.2, -0.15) is 0 Å². The lowest BCUT2D eigenvalue weighted by atomic mass is 10.2. The van der Waals surface area contributed by atoms with Crippen LogP contribution in [0.5, 0.6) is 0 Å². The summed E-state index contributed by atoms with van der Waals surface area (Å²) in [6.45, 7) is 0.407. The van der Waals surface area contributed by atoms with Crippen LogP contribution in [0.3, 0.4) is 0 Å². The predicted octanol–water partition coefficient (Wildman–Crippen LogP) is 3.54. The third-order valence-electron chi connectivity index (χ3n) is 2.40. The van der Waals surface area contributed by atoms with Gasteiger partial charge in [-0.15, -0.1) is 0 Å². The average Bonchev–Trinajstić information content (AvgIpc) is 2.70. The van der Waals surface area contributed by atoms with Crippen LogP contribution >= 0.6 is 23.2 Å². The minimum atomic E-state index is -0.958. The maximum absolute atomic E-state index is 10.9. The maximum Gasteiger partial charge on any atom is 0.352 e. The van der Waals surface area contributed by atoms with Gasteiger partial charge in [0.2, 0.25) is 0 Å². The summed E-state index contributed by atoms with van der Waals surface area (Å²) in [6, 6.07) is 8.39. The number of halogens is 2. The Balaban J connectivity index is 2.31. The molecule has 1 aromatic heterocycles. The molecular formula is C12H9Cl2NO2. The first-order chi connectivity index (χ1) is 8.08. The minimum absolute atomic E-state index is 0.232. The molecule has 1 heterocycles. The summed E-state index contributed by atoms with van der Waals surface area (Å²) in [6.07, 6.45) is 1.70. The van der Waals surface area contributed by atoms with Crippen LogP contribution in [0.15, 0.2) is 36.5 Å². The van der Waals surface area contributed by atoms with Gasteiger partial charge in [0.05, 0.1) is 0 Å². The average molecular weight is 270 g/mol. The number of hydrogen-bond acceptors (Lipinski definition) is 1. The highest BCUT2D eigenvalue weighted by molar-refractivity contribution is 6.35. The van der Waals surface area contributed by atoms with Gasteiger partial charge < -0.3 is 9.67 Å². The molecule has 0 aliphatic rings. The van der Waals surface area contributed by atoms with Crippen LogP contribution in [0.2, 0.25) is 10.0 Å². The van der Waals surface area contributed by atoms with Gasteiger partial charge in [0.25, 0.3) is 0 Å². The van der Waals surface area contributed by atoms with Crippen molar-refractivity contribution in [3.63, 3.8) is 0 Å². The number of benzene rings is 1. The molecule has 0 aliphatic carbocycles. The van der Waals surface area contributed by atoms with Crippen molar-refractivity contribution >= 4 is 29.2 Å². The molecule has 0 fully saturated rings. The molecule has 0 saturated heterocycles. The Morgan fingerprint density at radius 2 is 2.06 bits per heavy atom. The zero-order chi connectivity index (χ0) is 12.4. The second-order valence-electron chi connectivity index (χ2n) is 3.56. The van der Waals surface area contributed by atoms with Crippen molar-refractivity contribution in [2.45, 2.75) is 6.54 Å². The van der Waals surface area contributed by atoms with Crippen molar-refractivity contribution < 1.29 is 9.90 Å². The molecule has 0 radical (unpaired) electrons. The molecular weight excluding hydrogens is 261 g/mol. The monoisotopic (exact) mass is 269 g/mol. The first-order valence-electron chi connectivity index (χ1n) is 4.90. The summed E-state index contributed by atoms with van der Waals surface area (Å²) < 4.78 is 1.62. The van der Waals surface area contributed by atoms with Crippen molar-refractivity contribution in [3.8, 4) is 0 Å². The highest BCUT2D eigenvalue weighted by atomic mass is 35.5. The van der Waals surface area contributed by atoms with E-state index in [1.54, 1.807) is 41.1 Å². The minimum Gasteiger partial charge on any atom is -0.477 e. The summed E-state index contributed by atoms with van der Waals surface area (Å²) in [7, 11) is 0. The number of carboxylic acid groups (broad SMARTS) is 1. The third-order valence-corrected chi connectivity index (χ3v) is 2.99. The Morgan fingerprint density at radius 3 is 2.71 bits per heavy atom. The maximum atomic E-state index is 10.9. The van der Waals surface area contributed by atoms with Crippen LogP contribution in [0, 0.1) is 0 Å². The quantitative estimate of drug-likeness (QED) is 0.926. The molecule has 0 saturated carbocycles. The molecule has 0 aliphatic heterocycles. The number of hydrogen-bond donors (Lipinski definition) is 1. The fourth-order valence-corrected chi connectivity index (χ4v) is 2.05. The van der Waals surface area contributed by atoms with E-state index >= 15 is 0 Å². The Labute approximate surface area is 108 Å². The van der Waals surface area contributed by atoms with E-state index in [-0.39, 0.29) is 5.69 Å². The normalized spacial score (nSPS) is 10.5. The van der Waals surface area contributed by atoms with Gasteiger partial charge in [0.15, 0.2) is 0 Å². The molecule has 2 aromatic rings. The smallest absolute Gasteiger partial charge is 0.352 e. The predicted molar refractivity (Wildman–Crippen MR) is 67.0 cm³/mol. The second-order valence-corrected chi connectivity index (χ2v) is 4.41. The van der Waals surface area contributed by atoms with Crippen molar-refractivity contribution in [3.05, 3.63) is 57.8 Å². The van der Waals surface area contributed by atoms with Crippen LogP contribution in [-0.4, -0.2) is 15.6 Å². The van der Waals surface area contributed by atoms with Crippen LogP contribution in [0.4, 0.5) is 0 Å². The Morgan fingerprint density at radius 1 is 1.29 bits per heavy atom. The standard InChI is InChI=1S/C12H9Cl2NO2/c13-9-4-3-8(10(14)6-9)7-15-5-1-2-11(15)12(16)17/h1-6H,7H2,(H,16,17). The fraction of sp³-hybridized carbons (Fsp3) is 0.0833. The molecule has 17 heavy (non-hydrogen) atoms. The van der Waals surface area contributed by atoms with E-state index in [0.717, 1.165) is 5.56 Å². The molecule has 88 valence electrons. The number of rotatable bonds is 3. The lowest BCUT2D eigenvalue weighted by molar-refractivity contribution is 0.0685. The van der Waals surface area contributed by atoms with Crippen LogP contribution in [0.1, 0.15) is 16.1 Å². The van der Waals surface area contributed by atoms with Crippen molar-refractivity contribution in [1.29, 1.82) is 0 Å². The number of aromatic nitrogens is 1. The van der Waals surface area contributed by atoms with Crippen LogP contribution in [0.25, 0.3) is 0 Å². The van der Waals surface area contributed by atoms with Crippen LogP contribution in [-0.2, 0) is 6.54 Å². The third kappa shape index (κ3) is 2.62. The van der Waals surface area contributed by atoms with Crippen molar-refractivity contribution in [1.82, 2.24) is 4.57 Å². The molecule has 1 aromatic carbocycles. The molecule has 1 N–H and O–H groups in total. The Bertz CT molecular complexity index is 563. The summed E-state index contributed by atoms with van der Waals surface area (Å²) in [5.74, 6) is -0.958. The molecule has 0 unspecified atom stereocenters. The molecule has 0 atom stereocenters. The molecule has 0 spiro atoms. The van der Waals surface area contributed by atoms with Gasteiger partial charge in [0.1, 0.15) is 5.69 Å². The number of nitrogens with zero attached hydrogens (tertiary/aromatic N) is 1. The van der Waals surface area contributed by atoms with Gasteiger partial charge in [0, 0.05) is 22.8 Å². The first-order valence-corrected chi connectivity index (χ1v) is 5.66. The van der Waals surface area contributed by atoms with Gasteiger partial charge >= 0.3 is 5.97 Å². The summed E-state index contributed by atoms with van der Waals surface area (Å²) in [5.41, 5.74) is 1.06. The Hall–Kier alpha value is -1.45. The van der Waals surface area contributed by atoms with Crippen molar-refractivity contribution in [2.75, 3.05) is 0 Å². The molecule has 5 heteroatoms. The summed E-state index contributed by atoms with van der Waals surface area (Å²) in [4.78, 5) is 10.9. The molecule has 0 amide bonds. The van der Waals surface area contributed by atoms with E-state index < -0.39 is 5.97 Å². The fourth-order valence-electron chi connectivity index (χ4n) is 1.58. The van der Waals surface area contributed by atoms with E-state index in [4.69, 9.17) is 28.3 Å². The molecule has 0 bridgehead atoms. The zero-order valence-corrected chi connectivity index (χ0v) is 10.2. The molecule has 3 nitrogen and oxygen atoms in total. The number of carbonyl (C=O) groups is 1. The Kier molecular flexibility index (Phi) is 3.41. The van der Waals surface area contributed by atoms with Gasteiger partial charge in [-0.05, 0) is 29.8 Å². The van der Waals surface area contributed by atoms with Gasteiger partial charge in [-0.25, -0.2) is 4.79 Å². The topological polar surface area (TPSA) is 42.2 Å². The van der Waals surface area contributed by atoms with Gasteiger partial charge in [-0.1, -0.05) is 29.3 Å². The summed E-state index contributed by atoms with van der Waals surface area (Å²) >= 11 is 11.8. The number of carboxylic acids is 1. The van der Waals surface area contributed by atoms with Gasteiger partial charge in [-0.3, -0.25) is 0 Å². The second kappa shape index (κ2) is 4.82.